The number of nitrogens with zero attached hydrogens (tertiary/aromatic N) is 1. The zero-order valence-electron chi connectivity index (χ0n) is 18.8. The van der Waals surface area contributed by atoms with Crippen molar-refractivity contribution in [2.45, 2.75) is 20.3 Å². The summed E-state index contributed by atoms with van der Waals surface area (Å²) in [5.74, 6) is -0.409. The molecule has 1 aliphatic heterocycles. The molecule has 5 nitrogen and oxygen atoms in total. The highest BCUT2D eigenvalue weighted by Crippen LogP contribution is 2.32. The van der Waals surface area contributed by atoms with Gasteiger partial charge < -0.3 is 10.1 Å². The van der Waals surface area contributed by atoms with Gasteiger partial charge in [-0.2, -0.15) is 0 Å². The summed E-state index contributed by atoms with van der Waals surface area (Å²) >= 11 is 0. The summed E-state index contributed by atoms with van der Waals surface area (Å²) in [5, 5.41) is 3.19. The minimum Gasteiger partial charge on any atom is -0.497 e. The molecule has 3 aromatic carbocycles. The number of benzene rings is 3. The third kappa shape index (κ3) is 4.65. The smallest absolute Gasteiger partial charge is 0.278 e. The fourth-order valence-corrected chi connectivity index (χ4v) is 3.78. The normalized spacial score (nSPS) is 13.6. The van der Waals surface area contributed by atoms with Crippen LogP contribution >= 0.6 is 0 Å². The largest absolute Gasteiger partial charge is 0.497 e. The van der Waals surface area contributed by atoms with Gasteiger partial charge in [-0.3, -0.25) is 14.5 Å². The van der Waals surface area contributed by atoms with Crippen LogP contribution in [-0.2, 0) is 16.0 Å². The minimum atomic E-state index is -0.383. The molecule has 1 aliphatic rings. The number of anilines is 1. The highest BCUT2D eigenvalue weighted by Gasteiger charge is 2.39. The number of halogens is 1. The monoisotopic (exact) mass is 444 g/mol. The fourth-order valence-electron chi connectivity index (χ4n) is 3.78. The molecule has 0 bridgehead atoms. The molecule has 168 valence electrons. The van der Waals surface area contributed by atoms with E-state index in [2.05, 4.69) is 5.32 Å². The molecule has 33 heavy (non-hydrogen) atoms. The zero-order chi connectivity index (χ0) is 23.5. The zero-order valence-corrected chi connectivity index (χ0v) is 18.8. The molecular formula is C27H25FN2O3. The minimum absolute atomic E-state index is 0.195. The van der Waals surface area contributed by atoms with Crippen LogP contribution in [0.1, 0.15) is 22.3 Å². The van der Waals surface area contributed by atoms with Crippen LogP contribution in [0.3, 0.4) is 0 Å². The van der Waals surface area contributed by atoms with Gasteiger partial charge in [-0.1, -0.05) is 30.3 Å². The molecule has 0 radical (unpaired) electrons. The summed E-state index contributed by atoms with van der Waals surface area (Å²) in [6, 6.07) is 18.9. The van der Waals surface area contributed by atoms with Crippen LogP contribution in [0.25, 0.3) is 5.57 Å². The second-order valence-electron chi connectivity index (χ2n) is 8.04. The highest BCUT2D eigenvalue weighted by molar-refractivity contribution is 6.36. The third-order valence-corrected chi connectivity index (χ3v) is 5.86. The van der Waals surface area contributed by atoms with Gasteiger partial charge in [0.05, 0.1) is 12.7 Å². The van der Waals surface area contributed by atoms with Gasteiger partial charge in [-0.25, -0.2) is 4.39 Å². The molecule has 1 heterocycles. The fraction of sp³-hybridized carbons (Fsp3) is 0.185. The lowest BCUT2D eigenvalue weighted by atomic mass is 10.0. The van der Waals surface area contributed by atoms with E-state index < -0.39 is 0 Å². The molecule has 0 aromatic heterocycles. The van der Waals surface area contributed by atoms with Crippen LogP contribution in [0.4, 0.5) is 10.1 Å². The first-order chi connectivity index (χ1) is 15.9. The van der Waals surface area contributed by atoms with E-state index >= 15 is 0 Å². The SMILES string of the molecule is COc1ccc(C2=C(Nc3ccc(C)c(C)c3)C(=O)N(CCc3ccc(F)cc3)C2=O)cc1. The Labute approximate surface area is 192 Å². The number of aryl methyl sites for hydroxylation is 2. The van der Waals surface area contributed by atoms with E-state index in [0.717, 1.165) is 22.4 Å². The second-order valence-corrected chi connectivity index (χ2v) is 8.04. The number of nitrogens with one attached hydrogen (secondary N) is 1. The lowest BCUT2D eigenvalue weighted by Crippen LogP contribution is -2.34. The van der Waals surface area contributed by atoms with Gasteiger partial charge in [-0.05, 0) is 78.9 Å². The molecule has 0 saturated carbocycles. The van der Waals surface area contributed by atoms with Crippen molar-refractivity contribution in [1.29, 1.82) is 0 Å². The number of amides is 2. The van der Waals surface area contributed by atoms with E-state index in [9.17, 15) is 14.0 Å². The van der Waals surface area contributed by atoms with Gasteiger partial charge in [0.15, 0.2) is 0 Å². The lowest BCUT2D eigenvalue weighted by Gasteiger charge is -2.15. The van der Waals surface area contributed by atoms with E-state index in [4.69, 9.17) is 4.74 Å². The van der Waals surface area contributed by atoms with Crippen LogP contribution in [0.5, 0.6) is 5.75 Å². The molecule has 3 aromatic rings. The molecule has 0 unspecified atom stereocenters. The first-order valence-corrected chi connectivity index (χ1v) is 10.7. The van der Waals surface area contributed by atoms with Crippen LogP contribution in [0.2, 0.25) is 0 Å². The molecule has 0 saturated heterocycles. The van der Waals surface area contributed by atoms with Crippen molar-refractivity contribution in [3.63, 3.8) is 0 Å². The van der Waals surface area contributed by atoms with Crippen molar-refractivity contribution in [1.82, 2.24) is 4.90 Å². The maximum atomic E-state index is 13.4. The Morgan fingerprint density at radius 3 is 2.21 bits per heavy atom. The summed E-state index contributed by atoms with van der Waals surface area (Å²) in [4.78, 5) is 28.0. The summed E-state index contributed by atoms with van der Waals surface area (Å²) in [6.45, 7) is 4.21. The number of methoxy groups -OCH3 is 1. The van der Waals surface area contributed by atoms with Gasteiger partial charge in [0.2, 0.25) is 0 Å². The number of hydrogen-bond acceptors (Lipinski definition) is 4. The second kappa shape index (κ2) is 9.28. The number of ether oxygens (including phenoxy) is 1. The molecule has 0 atom stereocenters. The van der Waals surface area contributed by atoms with Crippen LogP contribution in [0, 0.1) is 19.7 Å². The Morgan fingerprint density at radius 1 is 0.879 bits per heavy atom. The first kappa shape index (κ1) is 22.3. The summed E-state index contributed by atoms with van der Waals surface area (Å²) in [7, 11) is 1.57. The molecule has 0 spiro atoms. The van der Waals surface area contributed by atoms with Gasteiger partial charge in [0.1, 0.15) is 17.3 Å². The van der Waals surface area contributed by atoms with Gasteiger partial charge in [-0.15, -0.1) is 0 Å². The van der Waals surface area contributed by atoms with E-state index in [1.54, 1.807) is 43.5 Å². The van der Waals surface area contributed by atoms with Gasteiger partial charge in [0.25, 0.3) is 11.8 Å². The van der Waals surface area contributed by atoms with E-state index in [0.29, 0.717) is 23.3 Å². The molecular weight excluding hydrogens is 419 g/mol. The molecule has 0 fully saturated rings. The Morgan fingerprint density at radius 2 is 1.58 bits per heavy atom. The Bertz CT molecular complexity index is 1230. The average molecular weight is 445 g/mol. The molecule has 2 amide bonds. The first-order valence-electron chi connectivity index (χ1n) is 10.7. The van der Waals surface area contributed by atoms with Crippen molar-refractivity contribution in [3.8, 4) is 5.75 Å². The van der Waals surface area contributed by atoms with E-state index in [1.165, 1.54) is 17.0 Å². The van der Waals surface area contributed by atoms with Crippen LogP contribution in [0.15, 0.2) is 72.4 Å². The van der Waals surface area contributed by atoms with Crippen LogP contribution in [-0.4, -0.2) is 30.4 Å². The Kier molecular flexibility index (Phi) is 6.27. The van der Waals surface area contributed by atoms with Gasteiger partial charge >= 0.3 is 0 Å². The summed E-state index contributed by atoms with van der Waals surface area (Å²) in [6.07, 6.45) is 0.435. The predicted octanol–water partition coefficient (Wildman–Crippen LogP) is 4.89. The Hall–Kier alpha value is -3.93. The summed E-state index contributed by atoms with van der Waals surface area (Å²) < 4.78 is 18.4. The van der Waals surface area contributed by atoms with Crippen molar-refractivity contribution in [2.75, 3.05) is 19.0 Å². The molecule has 6 heteroatoms. The summed E-state index contributed by atoms with van der Waals surface area (Å²) in [5.41, 5.74) is 4.99. The van der Waals surface area contributed by atoms with Crippen molar-refractivity contribution in [3.05, 3.63) is 100 Å². The van der Waals surface area contributed by atoms with Gasteiger partial charge in [0, 0.05) is 12.2 Å². The number of rotatable bonds is 7. The number of hydrogen-bond donors (Lipinski definition) is 1. The lowest BCUT2D eigenvalue weighted by molar-refractivity contribution is -0.136. The molecule has 0 aliphatic carbocycles. The molecule has 4 rings (SSSR count). The van der Waals surface area contributed by atoms with E-state index in [1.807, 2.05) is 32.0 Å². The quantitative estimate of drug-likeness (QED) is 0.528. The van der Waals surface area contributed by atoms with E-state index in [-0.39, 0.29) is 29.9 Å². The number of carbonyl (C=O) groups excluding carboxylic acids is 2. The van der Waals surface area contributed by atoms with Crippen LogP contribution < -0.4 is 10.1 Å². The highest BCUT2D eigenvalue weighted by atomic mass is 19.1. The topological polar surface area (TPSA) is 58.6 Å². The van der Waals surface area contributed by atoms with Crippen molar-refractivity contribution in [2.24, 2.45) is 0 Å². The number of imide groups is 1. The number of carbonyl (C=O) groups is 2. The average Bonchev–Trinajstić information content (AvgIpc) is 3.05. The Balaban J connectivity index is 1.66. The van der Waals surface area contributed by atoms with Crippen molar-refractivity contribution < 1.29 is 18.7 Å². The maximum absolute atomic E-state index is 13.4. The molecule has 1 N–H and O–H groups in total. The predicted molar refractivity (Wildman–Crippen MR) is 126 cm³/mol. The third-order valence-electron chi connectivity index (χ3n) is 5.86. The maximum Gasteiger partial charge on any atom is 0.278 e. The van der Waals surface area contributed by atoms with Crippen molar-refractivity contribution >= 4 is 23.1 Å². The standard InChI is InChI=1S/C27H25FN2O3/c1-17-4-11-22(16-18(17)2)29-25-24(20-7-12-23(33-3)13-8-20)26(31)30(27(25)32)15-14-19-5-9-21(28)10-6-19/h4-13,16,29H,14-15H2,1-3H3.